The predicted octanol–water partition coefficient (Wildman–Crippen LogP) is 2.89. The summed E-state index contributed by atoms with van der Waals surface area (Å²) in [5, 5.41) is 9.09. The predicted molar refractivity (Wildman–Crippen MR) is 71.3 cm³/mol. The van der Waals surface area contributed by atoms with E-state index < -0.39 is 5.97 Å². The van der Waals surface area contributed by atoms with Crippen LogP contribution in [-0.4, -0.2) is 11.1 Å². The molecule has 2 rings (SSSR count). The Kier molecular flexibility index (Phi) is 4.37. The van der Waals surface area contributed by atoms with Gasteiger partial charge in [0.2, 0.25) is 0 Å². The number of carbonyl (C=O) groups is 1. The largest absolute Gasteiger partial charge is 0.481 e. The van der Waals surface area contributed by atoms with Gasteiger partial charge in [-0.2, -0.15) is 0 Å². The first-order valence-electron chi connectivity index (χ1n) is 6.71. The first-order valence-corrected chi connectivity index (χ1v) is 6.71. The van der Waals surface area contributed by atoms with Crippen LogP contribution in [0.15, 0.2) is 24.3 Å². The molecule has 1 saturated carbocycles. The first-order chi connectivity index (χ1) is 8.70. The van der Waals surface area contributed by atoms with Gasteiger partial charge in [-0.05, 0) is 35.8 Å². The van der Waals surface area contributed by atoms with Crippen LogP contribution in [0, 0.1) is 5.92 Å². The number of nitrogens with two attached hydrogens (primary N) is 1. The normalized spacial score (nSPS) is 17.8. The van der Waals surface area contributed by atoms with Crippen molar-refractivity contribution >= 4 is 5.97 Å². The molecule has 0 heterocycles. The van der Waals surface area contributed by atoms with E-state index in [1.807, 2.05) is 24.3 Å². The van der Waals surface area contributed by atoms with Crippen LogP contribution in [0.4, 0.5) is 0 Å². The molecule has 0 bridgehead atoms. The number of hydrogen-bond donors (Lipinski definition) is 2. The van der Waals surface area contributed by atoms with E-state index in [4.69, 9.17) is 10.8 Å². The third-order valence-electron chi connectivity index (χ3n) is 4.01. The Bertz CT molecular complexity index is 393. The summed E-state index contributed by atoms with van der Waals surface area (Å²) in [5.74, 6) is -0.00328. The number of rotatable bonds is 5. The summed E-state index contributed by atoms with van der Waals surface area (Å²) >= 11 is 0. The summed E-state index contributed by atoms with van der Waals surface area (Å²) in [7, 11) is 0. The third kappa shape index (κ3) is 3.10. The second-order valence-electron chi connectivity index (χ2n) is 5.19. The van der Waals surface area contributed by atoms with Crippen LogP contribution in [0.25, 0.3) is 0 Å². The fourth-order valence-electron chi connectivity index (χ4n) is 3.01. The molecule has 3 N–H and O–H groups in total. The highest BCUT2D eigenvalue weighted by molar-refractivity contribution is 5.68. The van der Waals surface area contributed by atoms with Gasteiger partial charge in [-0.3, -0.25) is 4.79 Å². The van der Waals surface area contributed by atoms with E-state index in [1.54, 1.807) is 0 Å². The standard InChI is InChI=1S/C15H21NO2/c16-10-11-5-7-13(8-6-11)14(9-15(17)18)12-3-1-2-4-12/h5-8,12,14H,1-4,9-10,16H2,(H,17,18). The quantitative estimate of drug-likeness (QED) is 0.841. The van der Waals surface area contributed by atoms with Gasteiger partial charge in [0, 0.05) is 6.54 Å². The van der Waals surface area contributed by atoms with E-state index in [1.165, 1.54) is 12.8 Å². The van der Waals surface area contributed by atoms with Gasteiger partial charge in [0.15, 0.2) is 0 Å². The number of hydrogen-bond acceptors (Lipinski definition) is 2. The summed E-state index contributed by atoms with van der Waals surface area (Å²) in [6, 6.07) is 8.13. The molecule has 1 aliphatic rings. The van der Waals surface area contributed by atoms with E-state index in [0.29, 0.717) is 12.5 Å². The molecule has 0 radical (unpaired) electrons. The molecule has 3 heteroatoms. The average molecular weight is 247 g/mol. The monoisotopic (exact) mass is 247 g/mol. The zero-order valence-corrected chi connectivity index (χ0v) is 10.6. The lowest BCUT2D eigenvalue weighted by atomic mass is 9.82. The summed E-state index contributed by atoms with van der Waals surface area (Å²) in [4.78, 5) is 11.0. The van der Waals surface area contributed by atoms with Crippen molar-refractivity contribution in [1.82, 2.24) is 0 Å². The highest BCUT2D eigenvalue weighted by Crippen LogP contribution is 2.39. The maximum absolute atomic E-state index is 11.0. The lowest BCUT2D eigenvalue weighted by Crippen LogP contribution is -2.14. The van der Waals surface area contributed by atoms with Crippen LogP contribution < -0.4 is 5.73 Å². The molecular weight excluding hydrogens is 226 g/mol. The van der Waals surface area contributed by atoms with Gasteiger partial charge >= 0.3 is 5.97 Å². The molecule has 0 spiro atoms. The molecular formula is C15H21NO2. The SMILES string of the molecule is NCc1ccc(C(CC(=O)O)C2CCCC2)cc1. The van der Waals surface area contributed by atoms with Crippen molar-refractivity contribution in [3.05, 3.63) is 35.4 Å². The van der Waals surface area contributed by atoms with Crippen molar-refractivity contribution < 1.29 is 9.90 Å². The summed E-state index contributed by atoms with van der Waals surface area (Å²) in [6.07, 6.45) is 5.04. The topological polar surface area (TPSA) is 63.3 Å². The van der Waals surface area contributed by atoms with Crippen molar-refractivity contribution in [3.63, 3.8) is 0 Å². The van der Waals surface area contributed by atoms with E-state index in [9.17, 15) is 4.79 Å². The van der Waals surface area contributed by atoms with Crippen LogP contribution in [0.3, 0.4) is 0 Å². The van der Waals surface area contributed by atoms with Crippen molar-refractivity contribution in [2.45, 2.75) is 44.6 Å². The van der Waals surface area contributed by atoms with Crippen LogP contribution in [-0.2, 0) is 11.3 Å². The fourth-order valence-corrected chi connectivity index (χ4v) is 3.01. The Morgan fingerprint density at radius 3 is 2.39 bits per heavy atom. The Morgan fingerprint density at radius 2 is 1.89 bits per heavy atom. The molecule has 1 aromatic carbocycles. The van der Waals surface area contributed by atoms with Gasteiger partial charge in [0.1, 0.15) is 0 Å². The lowest BCUT2D eigenvalue weighted by molar-refractivity contribution is -0.137. The Labute approximate surface area is 108 Å². The molecule has 1 aliphatic carbocycles. The van der Waals surface area contributed by atoms with Crippen LogP contribution in [0.2, 0.25) is 0 Å². The van der Waals surface area contributed by atoms with Crippen LogP contribution >= 0.6 is 0 Å². The molecule has 1 aromatic rings. The maximum Gasteiger partial charge on any atom is 0.303 e. The molecule has 1 atom stereocenters. The van der Waals surface area contributed by atoms with Gasteiger partial charge in [0.05, 0.1) is 6.42 Å². The molecule has 0 aliphatic heterocycles. The van der Waals surface area contributed by atoms with E-state index >= 15 is 0 Å². The minimum Gasteiger partial charge on any atom is -0.481 e. The Morgan fingerprint density at radius 1 is 1.28 bits per heavy atom. The molecule has 3 nitrogen and oxygen atoms in total. The second-order valence-corrected chi connectivity index (χ2v) is 5.19. The molecule has 0 amide bonds. The van der Waals surface area contributed by atoms with Crippen molar-refractivity contribution in [3.8, 4) is 0 Å². The third-order valence-corrected chi connectivity index (χ3v) is 4.01. The number of carboxylic acids is 1. The van der Waals surface area contributed by atoms with Crippen molar-refractivity contribution in [1.29, 1.82) is 0 Å². The van der Waals surface area contributed by atoms with Gasteiger partial charge in [0.25, 0.3) is 0 Å². The van der Waals surface area contributed by atoms with Crippen LogP contribution in [0.1, 0.15) is 49.1 Å². The minimum atomic E-state index is -0.699. The van der Waals surface area contributed by atoms with Crippen LogP contribution in [0.5, 0.6) is 0 Å². The smallest absolute Gasteiger partial charge is 0.303 e. The molecule has 1 fully saturated rings. The molecule has 1 unspecified atom stereocenters. The Balaban J connectivity index is 2.17. The molecule has 18 heavy (non-hydrogen) atoms. The molecule has 98 valence electrons. The van der Waals surface area contributed by atoms with Gasteiger partial charge in [-0.15, -0.1) is 0 Å². The summed E-state index contributed by atoms with van der Waals surface area (Å²) < 4.78 is 0. The first kappa shape index (κ1) is 13.1. The lowest BCUT2D eigenvalue weighted by Gasteiger charge is -2.22. The zero-order chi connectivity index (χ0) is 13.0. The molecule has 0 saturated heterocycles. The summed E-state index contributed by atoms with van der Waals surface area (Å²) in [6.45, 7) is 0.535. The minimum absolute atomic E-state index is 0.164. The van der Waals surface area contributed by atoms with Gasteiger partial charge < -0.3 is 10.8 Å². The number of aliphatic carboxylic acids is 1. The maximum atomic E-state index is 11.0. The number of carboxylic acid groups (broad SMARTS) is 1. The average Bonchev–Trinajstić information content (AvgIpc) is 2.89. The molecule has 0 aromatic heterocycles. The fraction of sp³-hybridized carbons (Fsp3) is 0.533. The Hall–Kier alpha value is -1.35. The van der Waals surface area contributed by atoms with Gasteiger partial charge in [-0.1, -0.05) is 37.1 Å². The van der Waals surface area contributed by atoms with Gasteiger partial charge in [-0.25, -0.2) is 0 Å². The zero-order valence-electron chi connectivity index (χ0n) is 10.6. The van der Waals surface area contributed by atoms with Crippen molar-refractivity contribution in [2.24, 2.45) is 11.7 Å². The summed E-state index contributed by atoms with van der Waals surface area (Å²) in [5.41, 5.74) is 7.84. The van der Waals surface area contributed by atoms with E-state index in [0.717, 1.165) is 24.0 Å². The number of benzene rings is 1. The van der Waals surface area contributed by atoms with E-state index in [-0.39, 0.29) is 12.3 Å². The highest BCUT2D eigenvalue weighted by atomic mass is 16.4. The van der Waals surface area contributed by atoms with Crippen molar-refractivity contribution in [2.75, 3.05) is 0 Å². The highest BCUT2D eigenvalue weighted by Gasteiger charge is 2.28. The van der Waals surface area contributed by atoms with E-state index in [2.05, 4.69) is 0 Å². The second kappa shape index (κ2) is 6.01.